The van der Waals surface area contributed by atoms with Crippen LogP contribution in [0.3, 0.4) is 0 Å². The van der Waals surface area contributed by atoms with E-state index in [9.17, 15) is 39.9 Å². The van der Waals surface area contributed by atoms with Gasteiger partial charge in [-0.1, -0.05) is 89.4 Å². The lowest BCUT2D eigenvalue weighted by atomic mass is 9.82. The lowest BCUT2D eigenvalue weighted by Crippen LogP contribution is -2.47. The molecule has 104 heavy (non-hydrogen) atoms. The van der Waals surface area contributed by atoms with Crippen LogP contribution in [0, 0.1) is 65.9 Å². The summed E-state index contributed by atoms with van der Waals surface area (Å²) in [6.45, 7) is 15.1. The van der Waals surface area contributed by atoms with Gasteiger partial charge in [-0.3, -0.25) is 51.0 Å². The van der Waals surface area contributed by atoms with Gasteiger partial charge in [-0.15, -0.1) is 0 Å². The molecule has 0 radical (unpaired) electrons. The number of aliphatic imine (C=N–C) groups is 2. The Balaban J connectivity index is 0.000000226. The van der Waals surface area contributed by atoms with E-state index in [-0.39, 0.29) is 64.2 Å². The molecule has 35 heteroatoms. The lowest BCUT2D eigenvalue weighted by Gasteiger charge is -2.28. The summed E-state index contributed by atoms with van der Waals surface area (Å²) in [5.74, 6) is 3.98. The van der Waals surface area contributed by atoms with E-state index in [4.69, 9.17) is 61.5 Å². The van der Waals surface area contributed by atoms with Gasteiger partial charge in [-0.25, -0.2) is 24.5 Å². The fraction of sp³-hybridized carbons (Fsp3) is 0.507. The number of alkyl carbamates (subject to hydrolysis) is 2. The molecule has 562 valence electrons. The fourth-order valence-electron chi connectivity index (χ4n) is 11.6. The Labute approximate surface area is 619 Å². The maximum absolute atomic E-state index is 12.3. The van der Waals surface area contributed by atoms with E-state index in [2.05, 4.69) is 82.4 Å². The molecule has 6 aromatic rings. The van der Waals surface area contributed by atoms with Crippen molar-refractivity contribution in [1.29, 1.82) is 0 Å². The first-order valence-electron chi connectivity index (χ1n) is 34.5. The maximum Gasteiger partial charge on any atom is 0.414 e. The van der Waals surface area contributed by atoms with E-state index in [0.29, 0.717) is 103 Å². The van der Waals surface area contributed by atoms with E-state index in [1.54, 1.807) is 53.7 Å². The van der Waals surface area contributed by atoms with Crippen LogP contribution in [0.4, 0.5) is 61.9 Å². The molecular formula is C69H95Cl3N22O10. The number of amides is 2. The molecule has 2 amide bonds. The number of guanidine groups is 2. The molecule has 14 N–H and O–H groups in total. The molecular weight excluding hydrogens is 1400 g/mol. The second kappa shape index (κ2) is 40.3. The predicted molar refractivity (Wildman–Crippen MR) is 405 cm³/mol. The number of aromatic nitrogens is 6. The molecule has 0 aliphatic heterocycles. The standard InChI is InChI=1S/C30H43ClN8O6.C20H27ClN8O2.C19H25ClN6O2/c1-29(2,3)44-27(40)37-26(38-28(41)45-30(4,5)6)33-16-20-13-11-19(12-14-20)15-32-24-23(39(42)43)18-35-25(36-24)34-17-21-9-7-8-10-22(21)31;21-16-4-2-1-3-15(16)11-26-20-27-12-17(29(30)31)18(28-20)24-9-13-5-7-14(8-6-13)10-25-19(22)23;20-16-4-2-1-3-15(16)11-23-19-24-12-17(26(27)28)18(25-19)22-10-14-7-5-13(9-21)6-8-14/h7-10,18-20H,11-17H2,1-6H3,(H2,32,34,35,36)(H2,33,37,38,40,41);1-4,12-14H,5-11H2,(H4,22,23,25)(H2,24,26,27,28);1-4,12-14H,5-11,21H2,(H2,22,23,24,25). The minimum Gasteiger partial charge on any atom is -0.444 e. The molecule has 0 bridgehead atoms. The molecule has 0 spiro atoms. The predicted octanol–water partition coefficient (Wildman–Crippen LogP) is 13.2. The normalized spacial score (nSPS) is 17.8. The van der Waals surface area contributed by atoms with Crippen molar-refractivity contribution in [1.82, 2.24) is 40.5 Å². The van der Waals surface area contributed by atoms with Crippen LogP contribution in [-0.2, 0) is 29.1 Å². The number of halogens is 3. The molecule has 9 rings (SSSR count). The molecule has 3 fully saturated rings. The number of carbonyl (C=O) groups is 2. The van der Waals surface area contributed by atoms with Crippen LogP contribution >= 0.6 is 34.8 Å². The number of hydrogen-bond acceptors (Lipinski definition) is 25. The van der Waals surface area contributed by atoms with Crippen molar-refractivity contribution in [2.45, 2.75) is 149 Å². The second-order valence-electron chi connectivity index (χ2n) is 27.6. The summed E-state index contributed by atoms with van der Waals surface area (Å²) in [4.78, 5) is 91.3. The van der Waals surface area contributed by atoms with Crippen molar-refractivity contribution in [2.24, 2.45) is 62.7 Å². The largest absolute Gasteiger partial charge is 0.444 e. The van der Waals surface area contributed by atoms with Gasteiger partial charge in [-0.2, -0.15) is 15.0 Å². The summed E-state index contributed by atoms with van der Waals surface area (Å²) in [6, 6.07) is 22.3. The van der Waals surface area contributed by atoms with Gasteiger partial charge < -0.3 is 58.6 Å². The lowest BCUT2D eigenvalue weighted by molar-refractivity contribution is -0.384. The molecule has 3 heterocycles. The van der Waals surface area contributed by atoms with E-state index >= 15 is 0 Å². The molecule has 0 saturated heterocycles. The Hall–Kier alpha value is -9.79. The van der Waals surface area contributed by atoms with Gasteiger partial charge in [0, 0.05) is 67.4 Å². The average Bonchev–Trinajstić information content (AvgIpc) is 0.846. The van der Waals surface area contributed by atoms with Gasteiger partial charge in [0.1, 0.15) is 29.8 Å². The SMILES string of the molecule is CC(C)(C)OC(=O)NC(=NCC1CCC(CNc2nc(NCc3ccccc3Cl)ncc2[N+](=O)[O-])CC1)NC(=O)OC(C)(C)C.NC(N)=NCC1CCC(CNc2nc(NCc3ccccc3Cl)ncc2[N+](=O)[O-])CC1.NCC1CCC(CNc2nc(NCc3ccccc3Cl)ncc2[N+](=O)[O-])CC1. The van der Waals surface area contributed by atoms with Gasteiger partial charge in [0.2, 0.25) is 41.3 Å². The van der Waals surface area contributed by atoms with Gasteiger partial charge in [0.25, 0.3) is 0 Å². The van der Waals surface area contributed by atoms with E-state index in [0.717, 1.165) is 100 Å². The summed E-state index contributed by atoms with van der Waals surface area (Å²) in [7, 11) is 0. The molecule has 32 nitrogen and oxygen atoms in total. The summed E-state index contributed by atoms with van der Waals surface area (Å²) < 4.78 is 10.6. The zero-order valence-electron chi connectivity index (χ0n) is 59.3. The Kier molecular flexibility index (Phi) is 31.6. The number of benzene rings is 3. The van der Waals surface area contributed by atoms with Gasteiger partial charge in [-0.05, 0) is 196 Å². The Morgan fingerprint density at radius 2 is 0.760 bits per heavy atom. The number of rotatable bonds is 26. The molecule has 3 aromatic heterocycles. The summed E-state index contributed by atoms with van der Waals surface area (Å²) in [5, 5.41) is 59.9. The highest BCUT2D eigenvalue weighted by atomic mass is 35.5. The monoisotopic (exact) mass is 1500 g/mol. The van der Waals surface area contributed by atoms with Crippen molar-refractivity contribution in [2.75, 3.05) is 71.2 Å². The molecule has 3 aliphatic carbocycles. The minimum absolute atomic E-state index is 0.0442. The van der Waals surface area contributed by atoms with Crippen LogP contribution in [0.2, 0.25) is 15.1 Å². The number of nitrogens with two attached hydrogens (primary N) is 3. The van der Waals surface area contributed by atoms with Crippen molar-refractivity contribution in [3.63, 3.8) is 0 Å². The average molecular weight is 1500 g/mol. The van der Waals surface area contributed by atoms with Crippen LogP contribution in [0.15, 0.2) is 101 Å². The number of anilines is 6. The van der Waals surface area contributed by atoms with Crippen LogP contribution < -0.4 is 59.7 Å². The van der Waals surface area contributed by atoms with E-state index in [1.807, 2.05) is 60.7 Å². The van der Waals surface area contributed by atoms with Crippen molar-refractivity contribution in [3.05, 3.63) is 153 Å². The first-order valence-corrected chi connectivity index (χ1v) is 35.7. The number of hydrogen-bond donors (Lipinski definition) is 11. The smallest absolute Gasteiger partial charge is 0.414 e. The highest BCUT2D eigenvalue weighted by Crippen LogP contribution is 2.34. The molecule has 3 saturated carbocycles. The summed E-state index contributed by atoms with van der Waals surface area (Å²) in [6.07, 6.45) is 14.0. The molecule has 0 atom stereocenters. The third-order valence-electron chi connectivity index (χ3n) is 17.3. The highest BCUT2D eigenvalue weighted by Gasteiger charge is 2.29. The molecule has 3 aromatic carbocycles. The van der Waals surface area contributed by atoms with Gasteiger partial charge in [0.05, 0.1) is 14.8 Å². The van der Waals surface area contributed by atoms with E-state index < -0.39 is 38.2 Å². The number of nitrogens with one attached hydrogen (secondary N) is 8. The number of nitrogens with zero attached hydrogens (tertiary/aromatic N) is 11. The third kappa shape index (κ3) is 28.4. The van der Waals surface area contributed by atoms with Crippen LogP contribution in [0.25, 0.3) is 0 Å². The number of nitro groups is 3. The van der Waals surface area contributed by atoms with E-state index in [1.165, 1.54) is 18.6 Å². The van der Waals surface area contributed by atoms with Crippen molar-refractivity contribution in [3.8, 4) is 0 Å². The molecule has 3 aliphatic rings. The van der Waals surface area contributed by atoms with Crippen molar-refractivity contribution < 1.29 is 33.8 Å². The number of ether oxygens (including phenoxy) is 2. The second-order valence-corrected chi connectivity index (χ2v) is 28.9. The zero-order valence-corrected chi connectivity index (χ0v) is 61.6. The maximum atomic E-state index is 12.3. The molecule has 0 unspecified atom stereocenters. The van der Waals surface area contributed by atoms with Crippen LogP contribution in [0.5, 0.6) is 0 Å². The fourth-order valence-corrected chi connectivity index (χ4v) is 12.2. The van der Waals surface area contributed by atoms with Crippen LogP contribution in [0.1, 0.15) is 135 Å². The Bertz CT molecular complexity index is 3840. The Morgan fingerprint density at radius 3 is 1.04 bits per heavy atom. The highest BCUT2D eigenvalue weighted by molar-refractivity contribution is 6.32. The summed E-state index contributed by atoms with van der Waals surface area (Å²) in [5.41, 5.74) is 17.2. The minimum atomic E-state index is -0.742. The van der Waals surface area contributed by atoms with Gasteiger partial charge in [0.15, 0.2) is 5.96 Å². The number of carbonyl (C=O) groups excluding carboxylic acids is 2. The van der Waals surface area contributed by atoms with Crippen LogP contribution in [-0.4, -0.2) is 119 Å². The first kappa shape index (κ1) is 81.5. The zero-order chi connectivity index (χ0) is 75.3. The topological polar surface area (TPSA) is 458 Å². The third-order valence-corrected chi connectivity index (χ3v) is 18.4. The van der Waals surface area contributed by atoms with Crippen molar-refractivity contribution >= 4 is 111 Å². The Morgan fingerprint density at radius 1 is 0.471 bits per heavy atom. The summed E-state index contributed by atoms with van der Waals surface area (Å²) >= 11 is 18.5. The first-order chi connectivity index (χ1) is 49.6. The quantitative estimate of drug-likeness (QED) is 0.0104. The van der Waals surface area contributed by atoms with Gasteiger partial charge >= 0.3 is 29.2 Å².